The highest BCUT2D eigenvalue weighted by Gasteiger charge is 2.29. The Kier molecular flexibility index (Phi) is 19.2. The Hall–Kier alpha value is -0.650. The highest BCUT2D eigenvalue weighted by molar-refractivity contribution is 5.69. The molecule has 28 heavy (non-hydrogen) atoms. The molecular formula is C23H46O5. The van der Waals surface area contributed by atoms with E-state index >= 15 is 0 Å². The molecule has 0 aliphatic heterocycles. The fourth-order valence-electron chi connectivity index (χ4n) is 3.23. The van der Waals surface area contributed by atoms with E-state index in [0.29, 0.717) is 6.42 Å². The number of unbranched alkanes of at least 4 members (excludes halogenated alkanes) is 14. The number of aliphatic hydroxyl groups excluding tert-OH is 3. The Morgan fingerprint density at radius 3 is 1.36 bits per heavy atom. The summed E-state index contributed by atoms with van der Waals surface area (Å²) in [5.74, 6) is -0.325. The molecule has 0 rings (SSSR count). The van der Waals surface area contributed by atoms with Gasteiger partial charge < -0.3 is 20.1 Å². The topological polar surface area (TPSA) is 87.0 Å². The molecule has 0 atom stereocenters. The van der Waals surface area contributed by atoms with Gasteiger partial charge in [0.15, 0.2) is 0 Å². The van der Waals surface area contributed by atoms with E-state index < -0.39 is 25.2 Å². The Balaban J connectivity index is 3.36. The van der Waals surface area contributed by atoms with Crippen molar-refractivity contribution in [3.8, 4) is 0 Å². The van der Waals surface area contributed by atoms with Gasteiger partial charge in [0.1, 0.15) is 6.61 Å². The molecule has 5 heteroatoms. The average Bonchev–Trinajstić information content (AvgIpc) is 2.72. The second-order valence-electron chi connectivity index (χ2n) is 8.33. The highest BCUT2D eigenvalue weighted by Crippen LogP contribution is 2.16. The zero-order valence-electron chi connectivity index (χ0n) is 18.3. The average molecular weight is 403 g/mol. The van der Waals surface area contributed by atoms with Crippen molar-refractivity contribution in [3.05, 3.63) is 0 Å². The van der Waals surface area contributed by atoms with E-state index in [1.54, 1.807) is 0 Å². The first-order chi connectivity index (χ1) is 13.6. The molecule has 0 amide bonds. The van der Waals surface area contributed by atoms with Crippen molar-refractivity contribution in [1.29, 1.82) is 0 Å². The first kappa shape index (κ1) is 27.4. The third-order valence-electron chi connectivity index (χ3n) is 5.53. The van der Waals surface area contributed by atoms with Gasteiger partial charge in [-0.25, -0.2) is 0 Å². The molecule has 0 radical (unpaired) electrons. The van der Waals surface area contributed by atoms with E-state index in [1.165, 1.54) is 77.0 Å². The van der Waals surface area contributed by atoms with Crippen LogP contribution in [0.1, 0.15) is 110 Å². The molecule has 3 N–H and O–H groups in total. The summed E-state index contributed by atoms with van der Waals surface area (Å²) < 4.78 is 5.08. The minimum absolute atomic E-state index is 0.145. The van der Waals surface area contributed by atoms with Gasteiger partial charge in [-0.1, -0.05) is 96.8 Å². The molecule has 0 aromatic carbocycles. The van der Waals surface area contributed by atoms with Crippen LogP contribution in [-0.2, 0) is 9.53 Å². The molecular weight excluding hydrogens is 356 g/mol. The van der Waals surface area contributed by atoms with Crippen molar-refractivity contribution >= 4 is 5.97 Å². The number of rotatable bonds is 21. The zero-order valence-corrected chi connectivity index (χ0v) is 18.3. The van der Waals surface area contributed by atoms with Crippen LogP contribution in [0.15, 0.2) is 0 Å². The van der Waals surface area contributed by atoms with Crippen molar-refractivity contribution in [3.63, 3.8) is 0 Å². The predicted octanol–water partition coefficient (Wildman–Crippen LogP) is 4.75. The summed E-state index contributed by atoms with van der Waals surface area (Å²) in [6, 6.07) is 0. The van der Waals surface area contributed by atoms with Gasteiger partial charge >= 0.3 is 5.97 Å². The molecule has 0 heterocycles. The van der Waals surface area contributed by atoms with E-state index in [-0.39, 0.29) is 12.6 Å². The molecule has 0 saturated carbocycles. The molecule has 0 bridgehead atoms. The van der Waals surface area contributed by atoms with E-state index in [0.717, 1.165) is 19.3 Å². The first-order valence-electron chi connectivity index (χ1n) is 11.6. The number of carbonyl (C=O) groups excluding carboxylic acids is 1. The molecule has 0 aromatic heterocycles. The van der Waals surface area contributed by atoms with Crippen LogP contribution in [-0.4, -0.2) is 47.7 Å². The van der Waals surface area contributed by atoms with Gasteiger partial charge in [-0.15, -0.1) is 0 Å². The summed E-state index contributed by atoms with van der Waals surface area (Å²) in [6.45, 7) is 0.884. The summed E-state index contributed by atoms with van der Waals surface area (Å²) in [7, 11) is 0. The monoisotopic (exact) mass is 402 g/mol. The molecule has 0 unspecified atom stereocenters. The van der Waals surface area contributed by atoms with E-state index in [2.05, 4.69) is 6.92 Å². The largest absolute Gasteiger partial charge is 0.465 e. The number of carbonyl (C=O) groups is 1. The lowest BCUT2D eigenvalue weighted by molar-refractivity contribution is -0.151. The van der Waals surface area contributed by atoms with Gasteiger partial charge in [-0.2, -0.15) is 0 Å². The number of hydrogen-bond donors (Lipinski definition) is 3. The van der Waals surface area contributed by atoms with Gasteiger partial charge in [-0.3, -0.25) is 4.79 Å². The molecule has 168 valence electrons. The maximum Gasteiger partial charge on any atom is 0.305 e. The summed E-state index contributed by atoms with van der Waals surface area (Å²) in [5.41, 5.74) is -1.13. The molecule has 0 fully saturated rings. The molecule has 0 aliphatic carbocycles. The summed E-state index contributed by atoms with van der Waals surface area (Å²) in [5, 5.41) is 27.6. The van der Waals surface area contributed by atoms with Crippen LogP contribution in [0.4, 0.5) is 0 Å². The minimum atomic E-state index is -1.13. The van der Waals surface area contributed by atoms with Crippen molar-refractivity contribution in [1.82, 2.24) is 0 Å². The molecule has 0 aromatic rings. The van der Waals surface area contributed by atoms with Gasteiger partial charge in [0.05, 0.1) is 25.2 Å². The van der Waals surface area contributed by atoms with Crippen LogP contribution < -0.4 is 0 Å². The zero-order chi connectivity index (χ0) is 20.9. The fraction of sp³-hybridized carbons (Fsp3) is 0.957. The standard InChI is InChI=1S/C23H46O5/c1-2-3-4-5-6-7-8-9-10-11-12-13-14-15-16-17-22(27)28-21-23(18-24,19-25)20-26/h24-26H,2-21H2,1H3. The third kappa shape index (κ3) is 15.3. The van der Waals surface area contributed by atoms with Crippen LogP contribution in [0.2, 0.25) is 0 Å². The number of hydrogen-bond acceptors (Lipinski definition) is 5. The lowest BCUT2D eigenvalue weighted by Crippen LogP contribution is -2.39. The van der Waals surface area contributed by atoms with Gasteiger partial charge in [-0.05, 0) is 6.42 Å². The summed E-state index contributed by atoms with van der Waals surface area (Å²) >= 11 is 0. The first-order valence-corrected chi connectivity index (χ1v) is 11.6. The second kappa shape index (κ2) is 19.7. The van der Waals surface area contributed by atoms with Gasteiger partial charge in [0, 0.05) is 6.42 Å². The third-order valence-corrected chi connectivity index (χ3v) is 5.53. The quantitative estimate of drug-likeness (QED) is 0.190. The number of esters is 1. The normalized spacial score (nSPS) is 11.7. The maximum atomic E-state index is 11.7. The summed E-state index contributed by atoms with van der Waals surface area (Å²) in [6.07, 6.45) is 19.6. The Morgan fingerprint density at radius 1 is 0.643 bits per heavy atom. The molecule has 0 aliphatic rings. The van der Waals surface area contributed by atoms with Gasteiger partial charge in [0.2, 0.25) is 0 Å². The molecule has 0 spiro atoms. The maximum absolute atomic E-state index is 11.7. The van der Waals surface area contributed by atoms with Crippen LogP contribution in [0.5, 0.6) is 0 Å². The molecule has 0 saturated heterocycles. The Bertz CT molecular complexity index is 334. The van der Waals surface area contributed by atoms with Gasteiger partial charge in [0.25, 0.3) is 0 Å². The highest BCUT2D eigenvalue weighted by atomic mass is 16.5. The SMILES string of the molecule is CCCCCCCCCCCCCCCCCC(=O)OCC(CO)(CO)CO. The molecule has 5 nitrogen and oxygen atoms in total. The Morgan fingerprint density at radius 2 is 1.00 bits per heavy atom. The van der Waals surface area contributed by atoms with Crippen molar-refractivity contribution in [2.75, 3.05) is 26.4 Å². The lowest BCUT2D eigenvalue weighted by Gasteiger charge is -2.26. The fourth-order valence-corrected chi connectivity index (χ4v) is 3.23. The number of aliphatic hydroxyl groups is 3. The van der Waals surface area contributed by atoms with Crippen LogP contribution >= 0.6 is 0 Å². The predicted molar refractivity (Wildman–Crippen MR) is 114 cm³/mol. The number of ether oxygens (including phenoxy) is 1. The lowest BCUT2D eigenvalue weighted by atomic mass is 9.93. The second-order valence-corrected chi connectivity index (χ2v) is 8.33. The van der Waals surface area contributed by atoms with Crippen LogP contribution in [0.25, 0.3) is 0 Å². The van der Waals surface area contributed by atoms with Crippen LogP contribution in [0, 0.1) is 5.41 Å². The van der Waals surface area contributed by atoms with Crippen molar-refractivity contribution in [2.45, 2.75) is 110 Å². The van der Waals surface area contributed by atoms with E-state index in [9.17, 15) is 20.1 Å². The van der Waals surface area contributed by atoms with E-state index in [4.69, 9.17) is 4.74 Å². The van der Waals surface area contributed by atoms with E-state index in [1.807, 2.05) is 0 Å². The summed E-state index contributed by atoms with van der Waals surface area (Å²) in [4.78, 5) is 11.7. The van der Waals surface area contributed by atoms with Crippen molar-refractivity contribution in [2.24, 2.45) is 5.41 Å². The van der Waals surface area contributed by atoms with Crippen molar-refractivity contribution < 1.29 is 24.9 Å². The smallest absolute Gasteiger partial charge is 0.305 e. The minimum Gasteiger partial charge on any atom is -0.465 e. The van der Waals surface area contributed by atoms with Crippen LogP contribution in [0.3, 0.4) is 0 Å². The Labute approximate surface area is 172 Å².